The Balaban J connectivity index is 2.15. The molecule has 3 heteroatoms. The van der Waals surface area contributed by atoms with Crippen LogP contribution in [-0.2, 0) is 0 Å². The molecule has 1 aliphatic heterocycles. The van der Waals surface area contributed by atoms with E-state index >= 15 is 0 Å². The van der Waals surface area contributed by atoms with E-state index in [0.29, 0.717) is 0 Å². The molecule has 14 heavy (non-hydrogen) atoms. The molecule has 1 N–H and O–H groups in total. The van der Waals surface area contributed by atoms with Crippen molar-refractivity contribution in [3.8, 4) is 0 Å². The third kappa shape index (κ3) is 4.20. The molecule has 0 radical (unpaired) electrons. The van der Waals surface area contributed by atoms with Gasteiger partial charge in [0.1, 0.15) is 0 Å². The topological polar surface area (TPSA) is 15.3 Å². The molecule has 2 atom stereocenters. The van der Waals surface area contributed by atoms with Gasteiger partial charge in [-0.05, 0) is 51.8 Å². The highest BCUT2D eigenvalue weighted by Gasteiger charge is 2.18. The van der Waals surface area contributed by atoms with Gasteiger partial charge in [0.25, 0.3) is 0 Å². The van der Waals surface area contributed by atoms with E-state index in [4.69, 9.17) is 0 Å². The van der Waals surface area contributed by atoms with Crippen molar-refractivity contribution in [3.63, 3.8) is 0 Å². The Labute approximate surface area is 92.8 Å². The second-order valence-corrected chi connectivity index (χ2v) is 5.35. The maximum absolute atomic E-state index is 3.55. The van der Waals surface area contributed by atoms with Crippen LogP contribution >= 0.6 is 11.8 Å². The Morgan fingerprint density at radius 1 is 1.57 bits per heavy atom. The summed E-state index contributed by atoms with van der Waals surface area (Å²) in [5.41, 5.74) is 0. The number of nitrogens with one attached hydrogen (secondary N) is 1. The highest BCUT2D eigenvalue weighted by molar-refractivity contribution is 7.98. The van der Waals surface area contributed by atoms with Gasteiger partial charge in [-0.25, -0.2) is 0 Å². The van der Waals surface area contributed by atoms with E-state index in [2.05, 4.69) is 30.4 Å². The van der Waals surface area contributed by atoms with Crippen molar-refractivity contribution in [2.75, 3.05) is 32.1 Å². The fourth-order valence-electron chi connectivity index (χ4n) is 1.95. The minimum Gasteiger partial charge on any atom is -0.313 e. The molecule has 0 aromatic carbocycles. The summed E-state index contributed by atoms with van der Waals surface area (Å²) in [6.07, 6.45) is 6.22. The first-order valence-corrected chi connectivity index (χ1v) is 7.06. The minimum atomic E-state index is 0.727. The number of likely N-dealkylation sites (N-methyl/N-ethyl adjacent to an activating group) is 1. The first-order valence-electron chi connectivity index (χ1n) is 5.66. The van der Waals surface area contributed by atoms with Crippen LogP contribution in [0.5, 0.6) is 0 Å². The van der Waals surface area contributed by atoms with Crippen molar-refractivity contribution in [3.05, 3.63) is 0 Å². The summed E-state index contributed by atoms with van der Waals surface area (Å²) in [4.78, 5) is 2.50. The van der Waals surface area contributed by atoms with Crippen molar-refractivity contribution in [1.82, 2.24) is 10.2 Å². The van der Waals surface area contributed by atoms with E-state index < -0.39 is 0 Å². The second kappa shape index (κ2) is 6.70. The summed E-state index contributed by atoms with van der Waals surface area (Å²) in [7, 11) is 2.25. The predicted octanol–water partition coefficient (Wildman–Crippen LogP) is 1.81. The Morgan fingerprint density at radius 2 is 2.36 bits per heavy atom. The van der Waals surface area contributed by atoms with Gasteiger partial charge < -0.3 is 10.2 Å². The Morgan fingerprint density at radius 3 is 2.93 bits per heavy atom. The summed E-state index contributed by atoms with van der Waals surface area (Å²) in [5, 5.41) is 3.55. The molecular weight excluding hydrogens is 192 g/mol. The number of hydrogen-bond acceptors (Lipinski definition) is 3. The molecule has 0 saturated carbocycles. The molecule has 0 aromatic rings. The van der Waals surface area contributed by atoms with E-state index in [0.717, 1.165) is 12.1 Å². The molecule has 1 saturated heterocycles. The van der Waals surface area contributed by atoms with Crippen molar-refractivity contribution < 1.29 is 0 Å². The van der Waals surface area contributed by atoms with Gasteiger partial charge in [0.2, 0.25) is 0 Å². The lowest BCUT2D eigenvalue weighted by molar-refractivity contribution is 0.231. The lowest BCUT2D eigenvalue weighted by atomic mass is 10.1. The normalized spacial score (nSPS) is 24.4. The van der Waals surface area contributed by atoms with Crippen LogP contribution < -0.4 is 5.32 Å². The third-order valence-electron chi connectivity index (χ3n) is 3.16. The van der Waals surface area contributed by atoms with Crippen LogP contribution in [0, 0.1) is 0 Å². The van der Waals surface area contributed by atoms with Crippen molar-refractivity contribution >= 4 is 11.8 Å². The van der Waals surface area contributed by atoms with Gasteiger partial charge in [0.15, 0.2) is 0 Å². The van der Waals surface area contributed by atoms with E-state index in [-0.39, 0.29) is 0 Å². The number of thioether (sulfide) groups is 1. The zero-order chi connectivity index (χ0) is 10.4. The number of rotatable bonds is 6. The van der Waals surface area contributed by atoms with Gasteiger partial charge in [0.05, 0.1) is 0 Å². The molecule has 2 nitrogen and oxygen atoms in total. The summed E-state index contributed by atoms with van der Waals surface area (Å²) < 4.78 is 0. The molecule has 0 spiro atoms. The quantitative estimate of drug-likeness (QED) is 0.729. The van der Waals surface area contributed by atoms with Crippen molar-refractivity contribution in [1.29, 1.82) is 0 Å². The van der Waals surface area contributed by atoms with Gasteiger partial charge in [0, 0.05) is 18.6 Å². The maximum Gasteiger partial charge on any atom is 0.0195 e. The highest BCUT2D eigenvalue weighted by atomic mass is 32.2. The van der Waals surface area contributed by atoms with Crippen LogP contribution in [0.2, 0.25) is 0 Å². The van der Waals surface area contributed by atoms with Crippen LogP contribution in [0.15, 0.2) is 0 Å². The lowest BCUT2D eigenvalue weighted by Crippen LogP contribution is -2.40. The number of nitrogens with zero attached hydrogens (tertiary/aromatic N) is 1. The molecular formula is C11H24N2S. The second-order valence-electron chi connectivity index (χ2n) is 4.36. The molecule has 1 heterocycles. The first kappa shape index (κ1) is 12.3. The van der Waals surface area contributed by atoms with Crippen LogP contribution in [0.1, 0.15) is 26.2 Å². The maximum atomic E-state index is 3.55. The summed E-state index contributed by atoms with van der Waals surface area (Å²) in [6.45, 7) is 4.78. The summed E-state index contributed by atoms with van der Waals surface area (Å²) >= 11 is 1.95. The van der Waals surface area contributed by atoms with E-state index in [9.17, 15) is 0 Å². The van der Waals surface area contributed by atoms with E-state index in [1.54, 1.807) is 0 Å². The standard InChI is InChI=1S/C11H24N2S/c1-10(6-8-14-3)13(2)9-11-5-4-7-12-11/h10-12H,4-9H2,1-3H3/t10?,11-/m0/s1. The van der Waals surface area contributed by atoms with Crippen molar-refractivity contribution in [2.24, 2.45) is 0 Å². The van der Waals surface area contributed by atoms with Gasteiger partial charge in [-0.1, -0.05) is 0 Å². The molecule has 1 rings (SSSR count). The zero-order valence-electron chi connectivity index (χ0n) is 9.75. The SMILES string of the molecule is CSCCC(C)N(C)C[C@@H]1CCCN1. The fraction of sp³-hybridized carbons (Fsp3) is 1.00. The molecule has 1 aliphatic rings. The monoisotopic (exact) mass is 216 g/mol. The largest absolute Gasteiger partial charge is 0.313 e. The van der Waals surface area contributed by atoms with Gasteiger partial charge in [-0.15, -0.1) is 0 Å². The van der Waals surface area contributed by atoms with Crippen LogP contribution in [0.25, 0.3) is 0 Å². The number of hydrogen-bond donors (Lipinski definition) is 1. The average Bonchev–Trinajstić information content (AvgIpc) is 2.66. The van der Waals surface area contributed by atoms with Gasteiger partial charge >= 0.3 is 0 Å². The Kier molecular flexibility index (Phi) is 5.90. The smallest absolute Gasteiger partial charge is 0.0195 e. The third-order valence-corrected chi connectivity index (χ3v) is 3.81. The molecule has 0 bridgehead atoms. The molecule has 1 fully saturated rings. The van der Waals surface area contributed by atoms with Gasteiger partial charge in [-0.2, -0.15) is 11.8 Å². The van der Waals surface area contributed by atoms with E-state index in [1.807, 2.05) is 11.8 Å². The molecule has 1 unspecified atom stereocenters. The molecule has 0 amide bonds. The van der Waals surface area contributed by atoms with Crippen molar-refractivity contribution in [2.45, 2.75) is 38.3 Å². The average molecular weight is 216 g/mol. The zero-order valence-corrected chi connectivity index (χ0v) is 10.6. The molecule has 0 aromatic heterocycles. The fourth-order valence-corrected chi connectivity index (χ4v) is 2.53. The van der Waals surface area contributed by atoms with E-state index in [1.165, 1.54) is 38.1 Å². The first-order chi connectivity index (χ1) is 6.74. The summed E-state index contributed by atoms with van der Waals surface area (Å²) in [6, 6.07) is 1.47. The van der Waals surface area contributed by atoms with Crippen LogP contribution in [0.4, 0.5) is 0 Å². The van der Waals surface area contributed by atoms with Crippen LogP contribution in [-0.4, -0.2) is 49.1 Å². The highest BCUT2D eigenvalue weighted by Crippen LogP contribution is 2.10. The van der Waals surface area contributed by atoms with Gasteiger partial charge in [-0.3, -0.25) is 0 Å². The summed E-state index contributed by atoms with van der Waals surface area (Å²) in [5.74, 6) is 1.28. The van der Waals surface area contributed by atoms with Crippen LogP contribution in [0.3, 0.4) is 0 Å². The molecule has 84 valence electrons. The lowest BCUT2D eigenvalue weighted by Gasteiger charge is -2.27. The predicted molar refractivity (Wildman–Crippen MR) is 66.1 cm³/mol. The minimum absolute atomic E-state index is 0.727. The Bertz CT molecular complexity index is 146. The Hall–Kier alpha value is 0.270. The molecule has 0 aliphatic carbocycles.